The molecule has 13 heavy (non-hydrogen) atoms. The Labute approximate surface area is 94.5 Å². The summed E-state index contributed by atoms with van der Waals surface area (Å²) in [6.45, 7) is 2.25. The Bertz CT molecular complexity index is 128. The molecule has 0 amide bonds. The Hall–Kier alpha value is 0.422. The number of aliphatic hydroxyl groups is 2. The van der Waals surface area contributed by atoms with Gasteiger partial charge >= 0.3 is 33.5 Å². The third kappa shape index (κ3) is 12.4. The summed E-state index contributed by atoms with van der Waals surface area (Å²) in [6.07, 6.45) is 2.67. The van der Waals surface area contributed by atoms with E-state index in [2.05, 4.69) is 4.74 Å². The molecule has 0 radical (unpaired) electrons. The molecule has 1 nitrogen and oxygen atoms in total. The predicted octanol–water partition coefficient (Wildman–Crippen LogP) is 3.09. The Balaban J connectivity index is 0.000000174. The van der Waals surface area contributed by atoms with Crippen LogP contribution in [0.3, 0.4) is 0 Å². The molecule has 1 aromatic carbocycles. The molecule has 2 rings (SSSR count). The fraction of sp³-hybridized carbons (Fsp3) is 0.444. The summed E-state index contributed by atoms with van der Waals surface area (Å²) in [6, 6.07) is 10.0. The largest absolute Gasteiger partial charge is 0.214 e. The van der Waals surface area contributed by atoms with E-state index in [9.17, 15) is 0 Å². The fourth-order valence-electron chi connectivity index (χ4n) is 0.880. The maximum atomic E-state index is 4.83. The molecule has 1 fully saturated rings. The van der Waals surface area contributed by atoms with Crippen molar-refractivity contribution in [1.82, 2.24) is 0 Å². The molecule has 1 aromatic rings. The molecular weight excluding hydrogens is 247 g/mol. The number of halogens is 2. The molecule has 76 valence electrons. The van der Waals surface area contributed by atoms with Crippen LogP contribution >= 0.6 is 20.1 Å². The molecule has 0 aliphatic carbocycles. The van der Waals surface area contributed by atoms with Crippen molar-refractivity contribution in [2.75, 3.05) is 13.2 Å². The molecule has 0 aromatic heterocycles. The van der Waals surface area contributed by atoms with Crippen LogP contribution in [-0.4, -0.2) is 18.0 Å². The molecule has 1 heterocycles. The van der Waals surface area contributed by atoms with Crippen molar-refractivity contribution < 1.29 is 18.1 Å². The van der Waals surface area contributed by atoms with Crippen molar-refractivity contribution in [3.63, 3.8) is 0 Å². The van der Waals surface area contributed by atoms with E-state index in [4.69, 9.17) is 20.1 Å². The molecular formula is C9H14Cl2CrO. The van der Waals surface area contributed by atoms with Crippen molar-refractivity contribution in [3.05, 3.63) is 30.3 Å². The van der Waals surface area contributed by atoms with Gasteiger partial charge in [-0.15, -0.1) is 0 Å². The van der Waals surface area contributed by atoms with Crippen LogP contribution in [0.2, 0.25) is 0 Å². The first-order valence-electron chi connectivity index (χ1n) is 4.11. The van der Waals surface area contributed by atoms with Crippen LogP contribution in [0.4, 0.5) is 0 Å². The number of hydrogen-bond donors (Lipinski definition) is 0. The van der Waals surface area contributed by atoms with E-state index in [1.807, 2.05) is 30.3 Å². The van der Waals surface area contributed by atoms with E-state index < -0.39 is 0 Å². The average Bonchev–Trinajstić information content (AvgIpc) is 2.85. The summed E-state index contributed by atoms with van der Waals surface area (Å²) in [5, 5.41) is 0. The van der Waals surface area contributed by atoms with Gasteiger partial charge in [0.05, 0.1) is 0 Å². The smallest absolute Gasteiger partial charge is 0.172 e. The molecule has 0 atom stereocenters. The normalized spacial score (nSPS) is 13.7. The third-order valence-corrected chi connectivity index (χ3v) is 1.44. The van der Waals surface area contributed by atoms with E-state index in [0.29, 0.717) is 0 Å². The van der Waals surface area contributed by atoms with E-state index in [1.165, 1.54) is 12.8 Å². The first kappa shape index (κ1) is 13.4. The van der Waals surface area contributed by atoms with Gasteiger partial charge in [0, 0.05) is 12.8 Å². The molecule has 0 saturated carbocycles. The zero-order valence-electron chi connectivity index (χ0n) is 7.33. The summed E-state index contributed by atoms with van der Waals surface area (Å²) in [7, 11) is 9.65. The first-order chi connectivity index (χ1) is 6.41. The average molecular weight is 261 g/mol. The van der Waals surface area contributed by atoms with Crippen molar-refractivity contribution in [3.8, 4) is 0 Å². The minimum atomic E-state index is -0.181. The Morgan fingerprint density at radius 2 is 1.54 bits per heavy atom. The number of hydrogen-bond acceptors (Lipinski definition) is 0. The van der Waals surface area contributed by atoms with Crippen LogP contribution < -0.4 is 0 Å². The van der Waals surface area contributed by atoms with Gasteiger partial charge in [-0.3, -0.25) is 0 Å². The SMILES string of the molecule is C1CC[OH+]C1.[Cl][Cr][Cl].c1cc[cH-]c1. The number of ether oxygens (including phenoxy) is 1. The Morgan fingerprint density at radius 3 is 1.69 bits per heavy atom. The third-order valence-electron chi connectivity index (χ3n) is 1.44. The number of rotatable bonds is 0. The molecule has 4 heteroatoms. The van der Waals surface area contributed by atoms with Crippen LogP contribution in [0.15, 0.2) is 30.3 Å². The van der Waals surface area contributed by atoms with Gasteiger partial charge in [0.2, 0.25) is 0 Å². The Kier molecular flexibility index (Phi) is 12.8. The van der Waals surface area contributed by atoms with Gasteiger partial charge in [-0.2, -0.15) is 18.2 Å². The van der Waals surface area contributed by atoms with Crippen LogP contribution in [0, 0.1) is 0 Å². The van der Waals surface area contributed by atoms with Crippen molar-refractivity contribution >= 4 is 20.1 Å². The molecule has 1 saturated heterocycles. The minimum absolute atomic E-state index is 0.181. The van der Waals surface area contributed by atoms with Gasteiger partial charge in [-0.1, -0.05) is 0 Å². The van der Waals surface area contributed by atoms with Crippen molar-refractivity contribution in [2.45, 2.75) is 12.8 Å². The van der Waals surface area contributed by atoms with Crippen LogP contribution in [0.25, 0.3) is 0 Å². The second kappa shape index (κ2) is 12.4. The quantitative estimate of drug-likeness (QED) is 0.503. The maximum absolute atomic E-state index is 4.83. The van der Waals surface area contributed by atoms with Crippen LogP contribution in [0.1, 0.15) is 12.8 Å². The minimum Gasteiger partial charge on any atom is -0.214 e. The molecule has 1 aliphatic heterocycles. The zero-order valence-corrected chi connectivity index (χ0v) is 10.1. The van der Waals surface area contributed by atoms with E-state index in [0.717, 1.165) is 13.2 Å². The summed E-state index contributed by atoms with van der Waals surface area (Å²) in [5.41, 5.74) is 0. The zero-order chi connectivity index (χ0) is 9.78. The monoisotopic (exact) mass is 260 g/mol. The van der Waals surface area contributed by atoms with Gasteiger partial charge in [-0.25, -0.2) is 12.1 Å². The predicted molar refractivity (Wildman–Crippen MR) is 54.9 cm³/mol. The van der Waals surface area contributed by atoms with Crippen LogP contribution in [0.5, 0.6) is 0 Å². The van der Waals surface area contributed by atoms with Gasteiger partial charge in [0.1, 0.15) is 13.2 Å². The second-order valence-corrected chi connectivity index (χ2v) is 4.50. The summed E-state index contributed by atoms with van der Waals surface area (Å²) in [5.74, 6) is 0. The van der Waals surface area contributed by atoms with Gasteiger partial charge in [0.25, 0.3) is 0 Å². The Morgan fingerprint density at radius 1 is 1.08 bits per heavy atom. The molecule has 0 spiro atoms. The maximum Gasteiger partial charge on any atom is -0.172 e. The van der Waals surface area contributed by atoms with E-state index in [1.54, 1.807) is 0 Å². The molecule has 0 bridgehead atoms. The summed E-state index contributed by atoms with van der Waals surface area (Å²) >= 11 is -0.181. The van der Waals surface area contributed by atoms with Gasteiger partial charge < -0.3 is 4.74 Å². The molecule has 1 aliphatic rings. The summed E-state index contributed by atoms with van der Waals surface area (Å²) < 4.78 is 4.08. The van der Waals surface area contributed by atoms with E-state index in [-0.39, 0.29) is 13.4 Å². The molecule has 1 N–H and O–H groups in total. The van der Waals surface area contributed by atoms with Gasteiger partial charge in [0.15, 0.2) is 0 Å². The topological polar surface area (TPSA) is 12.8 Å². The van der Waals surface area contributed by atoms with E-state index >= 15 is 0 Å². The van der Waals surface area contributed by atoms with Crippen molar-refractivity contribution in [2.24, 2.45) is 0 Å². The second-order valence-electron chi connectivity index (χ2n) is 2.40. The van der Waals surface area contributed by atoms with Gasteiger partial charge in [-0.05, 0) is 0 Å². The van der Waals surface area contributed by atoms with Crippen molar-refractivity contribution in [1.29, 1.82) is 0 Å². The molecule has 0 unspecified atom stereocenters. The summed E-state index contributed by atoms with van der Waals surface area (Å²) in [4.78, 5) is 0. The van der Waals surface area contributed by atoms with Crippen LogP contribution in [-0.2, 0) is 13.4 Å². The first-order valence-corrected chi connectivity index (χ1v) is 7.62. The standard InChI is InChI=1S/C5H5.C4H8O.2ClH.Cr/c2*1-2-4-5-3-1;;;/h1-5H;1-4H2;2*1H;/q-1;;;;+2/p-1. The fourth-order valence-corrected chi connectivity index (χ4v) is 0.880.